The van der Waals surface area contributed by atoms with Crippen LogP contribution in [0, 0.1) is 11.6 Å². The van der Waals surface area contributed by atoms with Crippen LogP contribution in [0.2, 0.25) is 0 Å². The molecule has 2 aromatic carbocycles. The molecule has 4 aromatic rings. The van der Waals surface area contributed by atoms with Gasteiger partial charge in [-0.3, -0.25) is 14.2 Å². The Morgan fingerprint density at radius 3 is 2.82 bits per heavy atom. The zero-order valence-electron chi connectivity index (χ0n) is 14.8. The van der Waals surface area contributed by atoms with Crippen LogP contribution in [0.25, 0.3) is 22.1 Å². The maximum atomic E-state index is 13.8. The molecule has 0 aliphatic rings. The second kappa shape index (κ2) is 6.88. The molecule has 0 unspecified atom stereocenters. The highest BCUT2D eigenvalue weighted by Gasteiger charge is 2.17. The standard InChI is InChI=1S/C20H15F2N3O3/c1-11(13-7-6-12(21)8-15(13)22)24-17(26)9-25-10-23-18-14-4-2-3-5-16(14)28-19(18)20(25)27/h2-8,10-11H,9H2,1H3,(H,24,26)/t11-/m0/s1. The Hall–Kier alpha value is -3.55. The monoisotopic (exact) mass is 383 g/mol. The van der Waals surface area contributed by atoms with Crippen molar-refractivity contribution in [1.29, 1.82) is 0 Å². The average Bonchev–Trinajstić information content (AvgIpc) is 3.03. The highest BCUT2D eigenvalue weighted by atomic mass is 19.1. The molecule has 0 radical (unpaired) electrons. The van der Waals surface area contributed by atoms with Gasteiger partial charge in [-0.15, -0.1) is 0 Å². The number of carbonyl (C=O) groups is 1. The van der Waals surface area contributed by atoms with Crippen molar-refractivity contribution in [2.24, 2.45) is 0 Å². The molecule has 142 valence electrons. The number of carbonyl (C=O) groups excluding carboxylic acids is 1. The Kier molecular flexibility index (Phi) is 4.38. The quantitative estimate of drug-likeness (QED) is 0.587. The zero-order valence-corrected chi connectivity index (χ0v) is 14.8. The average molecular weight is 383 g/mol. The molecule has 0 bridgehead atoms. The summed E-state index contributed by atoms with van der Waals surface area (Å²) < 4.78 is 33.6. The fraction of sp³-hybridized carbons (Fsp3) is 0.150. The van der Waals surface area contributed by atoms with E-state index in [1.54, 1.807) is 25.1 Å². The highest BCUT2D eigenvalue weighted by Crippen LogP contribution is 2.24. The second-order valence-corrected chi connectivity index (χ2v) is 6.41. The maximum absolute atomic E-state index is 13.8. The third kappa shape index (κ3) is 3.13. The number of hydrogen-bond acceptors (Lipinski definition) is 4. The van der Waals surface area contributed by atoms with Crippen molar-refractivity contribution in [1.82, 2.24) is 14.9 Å². The van der Waals surface area contributed by atoms with Gasteiger partial charge in [-0.05, 0) is 25.1 Å². The van der Waals surface area contributed by atoms with E-state index in [-0.39, 0.29) is 17.7 Å². The highest BCUT2D eigenvalue weighted by molar-refractivity contribution is 6.01. The van der Waals surface area contributed by atoms with Crippen molar-refractivity contribution in [3.05, 3.63) is 76.3 Å². The van der Waals surface area contributed by atoms with E-state index in [4.69, 9.17) is 4.42 Å². The van der Waals surface area contributed by atoms with Crippen LogP contribution < -0.4 is 10.9 Å². The van der Waals surface area contributed by atoms with E-state index in [1.807, 2.05) is 6.07 Å². The summed E-state index contributed by atoms with van der Waals surface area (Å²) in [5.41, 5.74) is 0.683. The number of aromatic nitrogens is 2. The molecular formula is C20H15F2N3O3. The van der Waals surface area contributed by atoms with Gasteiger partial charge in [-0.2, -0.15) is 0 Å². The molecule has 1 atom stereocenters. The van der Waals surface area contributed by atoms with Crippen LogP contribution in [0.4, 0.5) is 8.78 Å². The van der Waals surface area contributed by atoms with Crippen LogP contribution in [-0.2, 0) is 11.3 Å². The Morgan fingerprint density at radius 2 is 2.04 bits per heavy atom. The summed E-state index contributed by atoms with van der Waals surface area (Å²) in [6, 6.07) is 9.56. The lowest BCUT2D eigenvalue weighted by Gasteiger charge is -2.15. The summed E-state index contributed by atoms with van der Waals surface area (Å²) >= 11 is 0. The first kappa shape index (κ1) is 17.8. The van der Waals surface area contributed by atoms with E-state index < -0.39 is 29.1 Å². The van der Waals surface area contributed by atoms with Crippen LogP contribution in [-0.4, -0.2) is 15.5 Å². The molecule has 1 amide bonds. The van der Waals surface area contributed by atoms with Crippen molar-refractivity contribution < 1.29 is 18.0 Å². The zero-order chi connectivity index (χ0) is 19.8. The first-order valence-electron chi connectivity index (χ1n) is 8.55. The van der Waals surface area contributed by atoms with E-state index in [2.05, 4.69) is 10.3 Å². The van der Waals surface area contributed by atoms with E-state index in [9.17, 15) is 18.4 Å². The molecule has 2 heterocycles. The molecule has 2 aromatic heterocycles. The van der Waals surface area contributed by atoms with E-state index in [0.717, 1.165) is 16.7 Å². The van der Waals surface area contributed by atoms with Gasteiger partial charge in [0.25, 0.3) is 5.56 Å². The van der Waals surface area contributed by atoms with Crippen LogP contribution in [0.5, 0.6) is 0 Å². The van der Waals surface area contributed by atoms with Gasteiger partial charge in [-0.1, -0.05) is 18.2 Å². The summed E-state index contributed by atoms with van der Waals surface area (Å²) in [5.74, 6) is -1.97. The lowest BCUT2D eigenvalue weighted by molar-refractivity contribution is -0.122. The Bertz CT molecular complexity index is 1260. The predicted molar refractivity (Wildman–Crippen MR) is 98.7 cm³/mol. The van der Waals surface area contributed by atoms with E-state index >= 15 is 0 Å². The van der Waals surface area contributed by atoms with E-state index in [1.165, 1.54) is 12.4 Å². The summed E-state index contributed by atoms with van der Waals surface area (Å²) in [4.78, 5) is 29.2. The van der Waals surface area contributed by atoms with Gasteiger partial charge in [-0.25, -0.2) is 13.8 Å². The lowest BCUT2D eigenvalue weighted by Crippen LogP contribution is -2.34. The van der Waals surface area contributed by atoms with Crippen LogP contribution in [0.3, 0.4) is 0 Å². The van der Waals surface area contributed by atoms with Crippen molar-refractivity contribution in [2.75, 3.05) is 0 Å². The minimum atomic E-state index is -0.754. The van der Waals surface area contributed by atoms with Gasteiger partial charge in [0.05, 0.1) is 12.4 Å². The van der Waals surface area contributed by atoms with Crippen LogP contribution >= 0.6 is 0 Å². The van der Waals surface area contributed by atoms with Crippen molar-refractivity contribution >= 4 is 28.0 Å². The Labute approximate surface area is 157 Å². The molecular weight excluding hydrogens is 368 g/mol. The molecule has 0 fully saturated rings. The Morgan fingerprint density at radius 1 is 1.25 bits per heavy atom. The number of fused-ring (bicyclic) bond motifs is 3. The SMILES string of the molecule is C[C@H](NC(=O)Cn1cnc2c(oc3ccccc32)c1=O)c1ccc(F)cc1F. The van der Waals surface area contributed by atoms with Gasteiger partial charge < -0.3 is 9.73 Å². The molecule has 8 heteroatoms. The summed E-state index contributed by atoms with van der Waals surface area (Å²) in [7, 11) is 0. The normalized spacial score (nSPS) is 12.4. The number of halogens is 2. The number of nitrogens with zero attached hydrogens (tertiary/aromatic N) is 2. The van der Waals surface area contributed by atoms with Crippen LogP contribution in [0.1, 0.15) is 18.5 Å². The minimum absolute atomic E-state index is 0.0640. The summed E-state index contributed by atoms with van der Waals surface area (Å²) in [6.07, 6.45) is 1.27. The second-order valence-electron chi connectivity index (χ2n) is 6.41. The number of rotatable bonds is 4. The number of furan rings is 1. The molecule has 0 saturated heterocycles. The molecule has 6 nitrogen and oxygen atoms in total. The first-order chi connectivity index (χ1) is 13.4. The summed E-state index contributed by atoms with van der Waals surface area (Å²) in [5, 5.41) is 3.30. The number of benzene rings is 2. The van der Waals surface area contributed by atoms with Gasteiger partial charge in [0.2, 0.25) is 11.5 Å². The first-order valence-corrected chi connectivity index (χ1v) is 8.55. The molecule has 1 N–H and O–H groups in total. The molecule has 0 aliphatic carbocycles. The fourth-order valence-corrected chi connectivity index (χ4v) is 3.10. The maximum Gasteiger partial charge on any atom is 0.297 e. The van der Waals surface area contributed by atoms with Gasteiger partial charge in [0.15, 0.2) is 0 Å². The lowest BCUT2D eigenvalue weighted by atomic mass is 10.1. The van der Waals surface area contributed by atoms with Gasteiger partial charge >= 0.3 is 0 Å². The summed E-state index contributed by atoms with van der Waals surface area (Å²) in [6.45, 7) is 1.25. The van der Waals surface area contributed by atoms with Crippen molar-refractivity contribution in [3.8, 4) is 0 Å². The molecule has 0 saturated carbocycles. The number of para-hydroxylation sites is 1. The van der Waals surface area contributed by atoms with E-state index in [0.29, 0.717) is 16.5 Å². The van der Waals surface area contributed by atoms with Crippen LogP contribution in [0.15, 0.2) is 58.0 Å². The number of nitrogens with one attached hydrogen (secondary N) is 1. The smallest absolute Gasteiger partial charge is 0.297 e. The topological polar surface area (TPSA) is 77.1 Å². The molecule has 0 spiro atoms. The minimum Gasteiger partial charge on any atom is -0.448 e. The third-order valence-electron chi connectivity index (χ3n) is 4.47. The largest absolute Gasteiger partial charge is 0.448 e. The van der Waals surface area contributed by atoms with Gasteiger partial charge in [0, 0.05) is 17.0 Å². The molecule has 4 rings (SSSR count). The fourth-order valence-electron chi connectivity index (χ4n) is 3.10. The van der Waals surface area contributed by atoms with Gasteiger partial charge in [0.1, 0.15) is 29.3 Å². The third-order valence-corrected chi connectivity index (χ3v) is 4.47. The predicted octanol–water partition coefficient (Wildman–Crippen LogP) is 3.30. The van der Waals surface area contributed by atoms with Crippen molar-refractivity contribution in [3.63, 3.8) is 0 Å². The number of hydrogen-bond donors (Lipinski definition) is 1. The molecule has 0 aliphatic heterocycles. The van der Waals surface area contributed by atoms with Crippen molar-refractivity contribution in [2.45, 2.75) is 19.5 Å². The molecule has 28 heavy (non-hydrogen) atoms. The number of amides is 1. The Balaban J connectivity index is 1.57.